The highest BCUT2D eigenvalue weighted by molar-refractivity contribution is 9.11. The van der Waals surface area contributed by atoms with Crippen LogP contribution >= 0.6 is 31.9 Å². The lowest BCUT2D eigenvalue weighted by Gasteiger charge is -2.44. The fraction of sp³-hybridized carbons (Fsp3) is 0.464. The minimum absolute atomic E-state index is 0.106. The highest BCUT2D eigenvalue weighted by atomic mass is 79.9. The largest absolute Gasteiger partial charge is 0.497 e. The average molecular weight is 619 g/mol. The summed E-state index contributed by atoms with van der Waals surface area (Å²) >= 11 is 7.22. The number of piperidine rings is 1. The fourth-order valence-corrected chi connectivity index (χ4v) is 7.69. The first-order valence-corrected chi connectivity index (χ1v) is 14.1. The number of ether oxygens (including phenoxy) is 2. The molecule has 3 aliphatic rings. The van der Waals surface area contributed by atoms with Crippen molar-refractivity contribution in [1.82, 2.24) is 14.7 Å². The second kappa shape index (κ2) is 10.0. The van der Waals surface area contributed by atoms with Gasteiger partial charge in [-0.3, -0.25) is 9.80 Å². The Morgan fingerprint density at radius 1 is 1.03 bits per heavy atom. The second-order valence-electron chi connectivity index (χ2n) is 9.94. The number of likely N-dealkylation sites (tertiary alicyclic amines) is 1. The smallest absolute Gasteiger partial charge is 0.325 e. The van der Waals surface area contributed by atoms with E-state index in [0.29, 0.717) is 13.1 Å². The molecule has 2 aromatic rings. The maximum atomic E-state index is 13.8. The Hall–Kier alpha value is -2.03. The van der Waals surface area contributed by atoms with Crippen LogP contribution in [-0.2, 0) is 13.1 Å². The third-order valence-corrected chi connectivity index (χ3v) is 8.84. The molecule has 0 N–H and O–H groups in total. The fourth-order valence-electron chi connectivity index (χ4n) is 6.31. The van der Waals surface area contributed by atoms with Gasteiger partial charge in [0.1, 0.15) is 11.5 Å². The first-order chi connectivity index (χ1) is 17.3. The first kappa shape index (κ1) is 25.6. The Bertz CT molecular complexity index is 1190. The number of rotatable bonds is 5. The number of halogens is 2. The molecule has 0 aromatic heterocycles. The van der Waals surface area contributed by atoms with Gasteiger partial charge in [-0.2, -0.15) is 0 Å². The van der Waals surface area contributed by atoms with E-state index < -0.39 is 0 Å². The lowest BCUT2D eigenvalue weighted by atomic mass is 9.82. The van der Waals surface area contributed by atoms with E-state index >= 15 is 0 Å². The van der Waals surface area contributed by atoms with E-state index in [0.717, 1.165) is 69.7 Å². The number of allylic oxidation sites excluding steroid dienone is 1. The van der Waals surface area contributed by atoms with Crippen LogP contribution in [-0.4, -0.2) is 60.1 Å². The van der Waals surface area contributed by atoms with Crippen molar-refractivity contribution in [3.05, 3.63) is 67.7 Å². The topological polar surface area (TPSA) is 45.3 Å². The predicted molar refractivity (Wildman–Crippen MR) is 148 cm³/mol. The van der Waals surface area contributed by atoms with Gasteiger partial charge in [0, 0.05) is 58.4 Å². The van der Waals surface area contributed by atoms with Gasteiger partial charge in [0.05, 0.1) is 26.3 Å². The summed E-state index contributed by atoms with van der Waals surface area (Å²) in [6.45, 7) is 8.32. The Balaban J connectivity index is 1.46. The van der Waals surface area contributed by atoms with E-state index in [1.165, 1.54) is 5.56 Å². The molecule has 0 saturated carbocycles. The number of amides is 2. The molecule has 5 rings (SSSR count). The van der Waals surface area contributed by atoms with E-state index in [1.54, 1.807) is 14.2 Å². The van der Waals surface area contributed by atoms with Crippen LogP contribution < -0.4 is 9.47 Å². The summed E-state index contributed by atoms with van der Waals surface area (Å²) in [5.74, 6) is 1.69. The first-order valence-electron chi connectivity index (χ1n) is 12.5. The van der Waals surface area contributed by atoms with Crippen LogP contribution in [0.15, 0.2) is 51.1 Å². The molecule has 3 heterocycles. The molecular weight excluding hydrogens is 586 g/mol. The summed E-state index contributed by atoms with van der Waals surface area (Å²) < 4.78 is 13.5. The Morgan fingerprint density at radius 2 is 1.72 bits per heavy atom. The lowest BCUT2D eigenvalue weighted by molar-refractivity contribution is 0.0888. The van der Waals surface area contributed by atoms with Gasteiger partial charge >= 0.3 is 6.03 Å². The summed E-state index contributed by atoms with van der Waals surface area (Å²) in [5, 5.41) is 0. The Morgan fingerprint density at radius 3 is 2.33 bits per heavy atom. The highest BCUT2D eigenvalue weighted by Gasteiger charge is 2.54. The van der Waals surface area contributed by atoms with E-state index in [4.69, 9.17) is 9.47 Å². The summed E-state index contributed by atoms with van der Waals surface area (Å²) in [6.07, 6.45) is 4.16. The number of nitrogens with zero attached hydrogens (tertiary/aromatic N) is 3. The van der Waals surface area contributed by atoms with E-state index in [9.17, 15) is 4.79 Å². The van der Waals surface area contributed by atoms with Crippen LogP contribution in [0.1, 0.15) is 49.3 Å². The number of methoxy groups -OCH3 is 2. The number of hydrogen-bond donors (Lipinski definition) is 0. The van der Waals surface area contributed by atoms with E-state index in [1.807, 2.05) is 11.0 Å². The van der Waals surface area contributed by atoms with Crippen LogP contribution in [0.4, 0.5) is 4.79 Å². The van der Waals surface area contributed by atoms with Crippen LogP contribution in [0.2, 0.25) is 0 Å². The highest BCUT2D eigenvalue weighted by Crippen LogP contribution is 2.49. The quantitative estimate of drug-likeness (QED) is 0.383. The van der Waals surface area contributed by atoms with Crippen molar-refractivity contribution in [3.8, 4) is 11.5 Å². The monoisotopic (exact) mass is 617 g/mol. The minimum atomic E-state index is -0.270. The second-order valence-corrected chi connectivity index (χ2v) is 11.8. The molecule has 2 saturated heterocycles. The van der Waals surface area contributed by atoms with Crippen LogP contribution in [0.3, 0.4) is 0 Å². The van der Waals surface area contributed by atoms with Gasteiger partial charge in [-0.1, -0.05) is 44.9 Å². The maximum Gasteiger partial charge on any atom is 0.325 e. The summed E-state index contributed by atoms with van der Waals surface area (Å²) in [7, 11) is 3.37. The normalized spacial score (nSPS) is 21.2. The third-order valence-electron chi connectivity index (χ3n) is 7.92. The number of fused-ring (bicyclic) bond motifs is 3. The molecule has 1 unspecified atom stereocenters. The maximum absolute atomic E-state index is 13.8. The standard InChI is InChI=1S/C28H33Br2N3O3/c1-5-33-27(34)32-17-20-13-23(35-3)15-24(36-4)26(20)18(2)10-25(32)28(33)6-8-31(9-7-28)16-19-11-21(29)14-22(30)12-19/h10-15,18H,5-9,16-17H2,1-4H3. The van der Waals surface area contributed by atoms with Crippen molar-refractivity contribution in [2.24, 2.45) is 0 Å². The molecule has 36 heavy (non-hydrogen) atoms. The van der Waals surface area contributed by atoms with Gasteiger partial charge < -0.3 is 14.4 Å². The summed E-state index contributed by atoms with van der Waals surface area (Å²) in [5.41, 5.74) is 4.40. The molecule has 3 aliphatic heterocycles. The van der Waals surface area contributed by atoms with Gasteiger partial charge in [0.2, 0.25) is 0 Å². The SMILES string of the molecule is CCN1C(=O)N2Cc3cc(OC)cc(OC)c3C(C)C=C2C12CCN(Cc1cc(Br)cc(Br)c1)CC2. The van der Waals surface area contributed by atoms with E-state index in [2.05, 4.69) is 85.8 Å². The number of urea groups is 1. The van der Waals surface area contributed by atoms with Crippen molar-refractivity contribution in [2.75, 3.05) is 33.9 Å². The molecule has 8 heteroatoms. The lowest BCUT2D eigenvalue weighted by Crippen LogP contribution is -2.53. The Kier molecular flexibility index (Phi) is 7.13. The average Bonchev–Trinajstić information content (AvgIpc) is 2.95. The number of carbonyl (C=O) groups excluding carboxylic acids is 1. The van der Waals surface area contributed by atoms with Crippen molar-refractivity contribution in [1.29, 1.82) is 0 Å². The van der Waals surface area contributed by atoms with Gasteiger partial charge in [-0.15, -0.1) is 0 Å². The van der Waals surface area contributed by atoms with Crippen LogP contribution in [0.25, 0.3) is 0 Å². The number of likely N-dealkylation sites (N-methyl/N-ethyl adjacent to an activating group) is 1. The summed E-state index contributed by atoms with van der Waals surface area (Å²) in [6, 6.07) is 10.5. The molecule has 6 nitrogen and oxygen atoms in total. The van der Waals surface area contributed by atoms with Gasteiger partial charge in [-0.05, 0) is 55.2 Å². The number of hydrogen-bond acceptors (Lipinski definition) is 4. The summed E-state index contributed by atoms with van der Waals surface area (Å²) in [4.78, 5) is 20.4. The molecule has 0 radical (unpaired) electrons. The minimum Gasteiger partial charge on any atom is -0.497 e. The van der Waals surface area contributed by atoms with Crippen molar-refractivity contribution < 1.29 is 14.3 Å². The molecule has 2 amide bonds. The molecule has 192 valence electrons. The van der Waals surface area contributed by atoms with Crippen LogP contribution in [0, 0.1) is 0 Å². The van der Waals surface area contributed by atoms with Crippen molar-refractivity contribution in [3.63, 3.8) is 0 Å². The molecule has 0 bridgehead atoms. The molecule has 1 spiro atoms. The number of benzene rings is 2. The zero-order chi connectivity index (χ0) is 25.6. The van der Waals surface area contributed by atoms with Crippen LogP contribution in [0.5, 0.6) is 11.5 Å². The zero-order valence-electron chi connectivity index (χ0n) is 21.3. The van der Waals surface area contributed by atoms with Crippen molar-refractivity contribution in [2.45, 2.75) is 51.2 Å². The zero-order valence-corrected chi connectivity index (χ0v) is 24.5. The molecule has 2 aromatic carbocycles. The Labute approximate surface area is 230 Å². The van der Waals surface area contributed by atoms with Gasteiger partial charge in [-0.25, -0.2) is 4.79 Å². The van der Waals surface area contributed by atoms with E-state index in [-0.39, 0.29) is 17.5 Å². The molecular formula is C28H33Br2N3O3. The van der Waals surface area contributed by atoms with Crippen molar-refractivity contribution >= 4 is 37.9 Å². The third kappa shape index (κ3) is 4.35. The van der Waals surface area contributed by atoms with Gasteiger partial charge in [0.25, 0.3) is 0 Å². The number of carbonyl (C=O) groups is 1. The predicted octanol–water partition coefficient (Wildman–Crippen LogP) is 6.52. The molecule has 1 atom stereocenters. The van der Waals surface area contributed by atoms with Gasteiger partial charge in [0.15, 0.2) is 0 Å². The molecule has 2 fully saturated rings. The molecule has 0 aliphatic carbocycles.